The highest BCUT2D eigenvalue weighted by Gasteiger charge is 2.19. The van der Waals surface area contributed by atoms with Crippen molar-refractivity contribution < 1.29 is 8.42 Å². The van der Waals surface area contributed by atoms with E-state index >= 15 is 0 Å². The molecule has 0 aromatic heterocycles. The number of hydrogen-bond acceptors (Lipinski definition) is 3. The van der Waals surface area contributed by atoms with Crippen LogP contribution < -0.4 is 4.31 Å². The third-order valence-corrected chi connectivity index (χ3v) is 4.40. The summed E-state index contributed by atoms with van der Waals surface area (Å²) in [4.78, 5) is 2.31. The molecule has 1 radical (unpaired) electrons. The summed E-state index contributed by atoms with van der Waals surface area (Å²) in [6, 6.07) is 9.95. The molecule has 0 N–H and O–H groups in total. The van der Waals surface area contributed by atoms with E-state index in [1.807, 2.05) is 0 Å². The zero-order chi connectivity index (χ0) is 13.0. The largest absolute Gasteiger partial charge is 0.302 e. The molecule has 0 atom stereocenters. The normalized spacial score (nSPS) is 16.9. The molecule has 0 aliphatic carbocycles. The molecule has 1 fully saturated rings. The van der Waals surface area contributed by atoms with Crippen LogP contribution in [0, 0.1) is 6.07 Å². The van der Waals surface area contributed by atoms with Gasteiger partial charge in [-0.05, 0) is 44.1 Å². The van der Waals surface area contributed by atoms with Crippen LogP contribution in [0.4, 0.5) is 5.69 Å². The van der Waals surface area contributed by atoms with Crippen LogP contribution in [0.3, 0.4) is 0 Å². The first-order valence-electron chi connectivity index (χ1n) is 6.23. The van der Waals surface area contributed by atoms with Crippen molar-refractivity contribution in [1.82, 2.24) is 4.90 Å². The molecule has 18 heavy (non-hydrogen) atoms. The maximum Gasteiger partial charge on any atom is 0.232 e. The van der Waals surface area contributed by atoms with Crippen molar-refractivity contribution >= 4 is 15.7 Å². The molecule has 0 unspecified atom stereocenters. The van der Waals surface area contributed by atoms with Crippen LogP contribution in [0.5, 0.6) is 0 Å². The maximum absolute atomic E-state index is 11.8. The Balaban J connectivity index is 2.06. The molecule has 1 aromatic rings. The van der Waals surface area contributed by atoms with Crippen molar-refractivity contribution in [3.05, 3.63) is 30.3 Å². The van der Waals surface area contributed by atoms with Crippen LogP contribution >= 0.6 is 0 Å². The van der Waals surface area contributed by atoms with Gasteiger partial charge in [0.1, 0.15) is 0 Å². The summed E-state index contributed by atoms with van der Waals surface area (Å²) in [5.41, 5.74) is 0.718. The van der Waals surface area contributed by atoms with Gasteiger partial charge in [-0.3, -0.25) is 4.31 Å². The Kier molecular flexibility index (Phi) is 4.24. The number of sulfonamides is 1. The molecule has 1 aliphatic heterocycles. The zero-order valence-corrected chi connectivity index (χ0v) is 11.5. The van der Waals surface area contributed by atoms with Crippen molar-refractivity contribution in [2.24, 2.45) is 0 Å². The van der Waals surface area contributed by atoms with Crippen LogP contribution in [0.2, 0.25) is 0 Å². The van der Waals surface area contributed by atoms with Crippen molar-refractivity contribution in [1.29, 1.82) is 0 Å². The molecule has 1 heterocycles. The Morgan fingerprint density at radius 2 is 1.89 bits per heavy atom. The summed E-state index contributed by atoms with van der Waals surface area (Å²) in [6.07, 6.45) is 3.70. The molecule has 2 rings (SSSR count). The fraction of sp³-hybridized carbons (Fsp3) is 0.538. The van der Waals surface area contributed by atoms with Crippen molar-refractivity contribution in [2.45, 2.75) is 12.8 Å². The molecular weight excluding hydrogens is 248 g/mol. The number of rotatable bonds is 5. The third-order valence-electron chi connectivity index (χ3n) is 3.21. The van der Waals surface area contributed by atoms with E-state index in [4.69, 9.17) is 0 Å². The van der Waals surface area contributed by atoms with Gasteiger partial charge in [0.15, 0.2) is 0 Å². The smallest absolute Gasteiger partial charge is 0.232 e. The first-order chi connectivity index (χ1) is 8.57. The SMILES string of the molecule is CS(=O)(=O)N(CCN1CCCC1)c1cc[c]cc1. The zero-order valence-electron chi connectivity index (χ0n) is 10.7. The van der Waals surface area contributed by atoms with Gasteiger partial charge in [-0.25, -0.2) is 8.42 Å². The quantitative estimate of drug-likeness (QED) is 0.808. The predicted octanol–water partition coefficient (Wildman–Crippen LogP) is 1.35. The molecular formula is C13H19N2O2S. The van der Waals surface area contributed by atoms with Crippen molar-refractivity contribution in [2.75, 3.05) is 36.7 Å². The Bertz CT molecular complexity index is 467. The summed E-state index contributed by atoms with van der Waals surface area (Å²) >= 11 is 0. The van der Waals surface area contributed by atoms with Crippen LogP contribution in [0.1, 0.15) is 12.8 Å². The fourth-order valence-corrected chi connectivity index (χ4v) is 3.19. The van der Waals surface area contributed by atoms with Gasteiger partial charge in [-0.1, -0.05) is 12.1 Å². The van der Waals surface area contributed by atoms with E-state index in [1.54, 1.807) is 24.3 Å². The predicted molar refractivity (Wildman–Crippen MR) is 73.1 cm³/mol. The average molecular weight is 267 g/mol. The second-order valence-electron chi connectivity index (χ2n) is 4.64. The molecule has 99 valence electrons. The highest BCUT2D eigenvalue weighted by atomic mass is 32.2. The highest BCUT2D eigenvalue weighted by molar-refractivity contribution is 7.92. The minimum atomic E-state index is -3.22. The van der Waals surface area contributed by atoms with Crippen LogP contribution in [-0.2, 0) is 10.0 Å². The maximum atomic E-state index is 11.8. The summed E-state index contributed by atoms with van der Waals surface area (Å²) in [6.45, 7) is 3.48. The van der Waals surface area contributed by atoms with Crippen molar-refractivity contribution in [3.63, 3.8) is 0 Å². The monoisotopic (exact) mass is 267 g/mol. The van der Waals surface area contributed by atoms with Gasteiger partial charge in [0, 0.05) is 13.1 Å². The van der Waals surface area contributed by atoms with Gasteiger partial charge < -0.3 is 4.90 Å². The summed E-state index contributed by atoms with van der Waals surface area (Å²) in [7, 11) is -3.22. The lowest BCUT2D eigenvalue weighted by Crippen LogP contribution is -2.37. The van der Waals surface area contributed by atoms with Crippen LogP contribution in [0.25, 0.3) is 0 Å². The number of benzene rings is 1. The Morgan fingerprint density at radius 3 is 2.44 bits per heavy atom. The lowest BCUT2D eigenvalue weighted by atomic mass is 10.3. The van der Waals surface area contributed by atoms with E-state index in [1.165, 1.54) is 23.4 Å². The van der Waals surface area contributed by atoms with E-state index in [9.17, 15) is 8.42 Å². The van der Waals surface area contributed by atoms with Gasteiger partial charge in [-0.15, -0.1) is 0 Å². The van der Waals surface area contributed by atoms with E-state index < -0.39 is 10.0 Å². The Labute approximate surface area is 109 Å². The number of nitrogens with zero attached hydrogens (tertiary/aromatic N) is 2. The first kappa shape index (κ1) is 13.4. The summed E-state index contributed by atoms with van der Waals surface area (Å²) in [5.74, 6) is 0. The van der Waals surface area contributed by atoms with Crippen LogP contribution in [0.15, 0.2) is 24.3 Å². The lowest BCUT2D eigenvalue weighted by molar-refractivity contribution is 0.349. The molecule has 0 amide bonds. The Morgan fingerprint density at radius 1 is 1.28 bits per heavy atom. The number of likely N-dealkylation sites (tertiary alicyclic amines) is 1. The molecule has 4 nitrogen and oxygen atoms in total. The Hall–Kier alpha value is -1.07. The van der Waals surface area contributed by atoms with Gasteiger partial charge in [0.2, 0.25) is 10.0 Å². The van der Waals surface area contributed by atoms with Crippen LogP contribution in [-0.4, -0.2) is 45.8 Å². The molecule has 0 saturated carbocycles. The second kappa shape index (κ2) is 5.71. The highest BCUT2D eigenvalue weighted by Crippen LogP contribution is 2.17. The third kappa shape index (κ3) is 3.46. The van der Waals surface area contributed by atoms with Gasteiger partial charge in [0.05, 0.1) is 11.9 Å². The molecule has 1 aliphatic rings. The van der Waals surface area contributed by atoms with Crippen molar-refractivity contribution in [3.8, 4) is 0 Å². The standard InChI is InChI=1S/C13H19N2O2S/c1-18(16,17)15(13-7-3-2-4-8-13)12-11-14-9-5-6-10-14/h3-4,7-8H,5-6,9-12H2,1H3. The van der Waals surface area contributed by atoms with Gasteiger partial charge >= 0.3 is 0 Å². The van der Waals surface area contributed by atoms with E-state index in [0.717, 1.165) is 25.3 Å². The minimum Gasteiger partial charge on any atom is -0.302 e. The minimum absolute atomic E-state index is 0.517. The summed E-state index contributed by atoms with van der Waals surface area (Å²) in [5, 5.41) is 0. The lowest BCUT2D eigenvalue weighted by Gasteiger charge is -2.25. The fourth-order valence-electron chi connectivity index (χ4n) is 2.27. The van der Waals surface area contributed by atoms with E-state index in [2.05, 4.69) is 11.0 Å². The van der Waals surface area contributed by atoms with E-state index in [0.29, 0.717) is 6.54 Å². The molecule has 1 aromatic carbocycles. The molecule has 1 saturated heterocycles. The first-order valence-corrected chi connectivity index (χ1v) is 8.08. The average Bonchev–Trinajstić information content (AvgIpc) is 2.82. The van der Waals surface area contributed by atoms with Gasteiger partial charge in [-0.2, -0.15) is 0 Å². The second-order valence-corrected chi connectivity index (χ2v) is 6.55. The number of hydrogen-bond donors (Lipinski definition) is 0. The molecule has 0 bridgehead atoms. The molecule has 0 spiro atoms. The molecule has 5 heteroatoms. The summed E-state index contributed by atoms with van der Waals surface area (Å²) < 4.78 is 25.1. The van der Waals surface area contributed by atoms with E-state index in [-0.39, 0.29) is 0 Å². The number of anilines is 1. The van der Waals surface area contributed by atoms with Gasteiger partial charge in [0.25, 0.3) is 0 Å². The topological polar surface area (TPSA) is 40.6 Å².